The van der Waals surface area contributed by atoms with E-state index >= 15 is 0 Å². The second kappa shape index (κ2) is 17.4. The number of hydrogen-bond acceptors (Lipinski definition) is 10. The Labute approximate surface area is 303 Å². The van der Waals surface area contributed by atoms with Crippen molar-refractivity contribution in [2.75, 3.05) is 77.6 Å². The third-order valence-corrected chi connectivity index (χ3v) is 10.1. The van der Waals surface area contributed by atoms with Gasteiger partial charge in [0.15, 0.2) is 0 Å². The molecule has 4 aromatic rings. The first-order valence-electron chi connectivity index (χ1n) is 18.0. The van der Waals surface area contributed by atoms with Crippen molar-refractivity contribution < 1.29 is 28.9 Å². The molecule has 52 heavy (non-hydrogen) atoms. The van der Waals surface area contributed by atoms with Crippen LogP contribution in [-0.2, 0) is 27.2 Å². The van der Waals surface area contributed by atoms with Gasteiger partial charge in [0.05, 0.1) is 43.5 Å². The fourth-order valence-corrected chi connectivity index (χ4v) is 7.08. The van der Waals surface area contributed by atoms with Crippen molar-refractivity contribution in [2.24, 2.45) is 0 Å². The van der Waals surface area contributed by atoms with Gasteiger partial charge in [-0.3, -0.25) is 14.5 Å². The van der Waals surface area contributed by atoms with Gasteiger partial charge in [-0.1, -0.05) is 30.3 Å². The molecule has 6 rings (SSSR count). The van der Waals surface area contributed by atoms with E-state index in [1.54, 1.807) is 24.1 Å². The molecule has 0 bridgehead atoms. The summed E-state index contributed by atoms with van der Waals surface area (Å²) >= 11 is 0. The van der Waals surface area contributed by atoms with Crippen molar-refractivity contribution in [3.05, 3.63) is 99.7 Å². The number of amides is 1. The summed E-state index contributed by atoms with van der Waals surface area (Å²) in [6, 6.07) is 17.5. The summed E-state index contributed by atoms with van der Waals surface area (Å²) in [5.74, 6) is 0.332. The van der Waals surface area contributed by atoms with E-state index in [0.29, 0.717) is 61.7 Å². The molecule has 0 aliphatic carbocycles. The van der Waals surface area contributed by atoms with Gasteiger partial charge >= 0.3 is 0 Å². The van der Waals surface area contributed by atoms with Crippen LogP contribution < -0.4 is 15.8 Å². The zero-order valence-corrected chi connectivity index (χ0v) is 29.7. The number of nitrogens with zero attached hydrogens (tertiary/aromatic N) is 4. The number of halogens is 1. The molecule has 2 saturated heterocycles. The zero-order valence-electron chi connectivity index (χ0n) is 29.7. The third-order valence-electron chi connectivity index (χ3n) is 10.1. The molecule has 13 heteroatoms. The molecular weight excluding hydrogens is 667 g/mol. The second-order valence-corrected chi connectivity index (χ2v) is 13.8. The number of aromatic hydroxyl groups is 1. The number of carbonyl (C=O) groups excluding carboxylic acids is 1. The number of phenols is 1. The van der Waals surface area contributed by atoms with Gasteiger partial charge in [-0.05, 0) is 54.2 Å². The van der Waals surface area contributed by atoms with Crippen LogP contribution in [0.4, 0.5) is 10.2 Å². The Kier molecular flexibility index (Phi) is 12.5. The second-order valence-electron chi connectivity index (χ2n) is 13.8. The predicted octanol–water partition coefficient (Wildman–Crippen LogP) is 3.37. The van der Waals surface area contributed by atoms with Gasteiger partial charge in [0.2, 0.25) is 11.5 Å². The number of anilines is 1. The molecule has 1 unspecified atom stereocenters. The number of aliphatic hydroxyl groups excluding tert-OH is 1. The lowest BCUT2D eigenvalue weighted by Gasteiger charge is -2.47. The number of hydrogen-bond donors (Lipinski definition) is 4. The molecule has 4 N–H and O–H groups in total. The van der Waals surface area contributed by atoms with Crippen LogP contribution in [0.3, 0.4) is 0 Å². The number of likely N-dealkylation sites (tertiary alicyclic amines) is 1. The highest BCUT2D eigenvalue weighted by atomic mass is 19.1. The number of piperidine rings is 1. The number of phenolic OH excluding ortho intramolecular Hbond substituents is 1. The number of aromatic amines is 1. The number of benzene rings is 2. The maximum absolute atomic E-state index is 13.8. The molecule has 12 nitrogen and oxygen atoms in total. The van der Waals surface area contributed by atoms with E-state index in [1.807, 2.05) is 0 Å². The lowest BCUT2D eigenvalue weighted by molar-refractivity contribution is -0.131. The molecule has 1 atom stereocenters. The van der Waals surface area contributed by atoms with Gasteiger partial charge < -0.3 is 39.8 Å². The first-order chi connectivity index (χ1) is 25.2. The van der Waals surface area contributed by atoms with Crippen LogP contribution in [0.25, 0.3) is 10.9 Å². The highest BCUT2D eigenvalue weighted by molar-refractivity contribution is 5.87. The van der Waals surface area contributed by atoms with Gasteiger partial charge in [0, 0.05) is 83.1 Å². The van der Waals surface area contributed by atoms with E-state index in [4.69, 9.17) is 9.47 Å². The number of carbonyl (C=O) groups is 1. The standard InChI is InChI=1S/C39H49FN6O6/c1-44(18-15-41-25-34(48)31-5-7-33(47)38-32(31)6-8-36(49)43-38)37(50)11-21-51-20-10-28-3-2-4-29(23-28)26-45-16-12-39(13-17-45)27-46(19-22-52-39)35-24-30(40)9-14-42-35/h2-9,14,23-24,34,41,47-48H,10-13,15-22,25-27H2,1H3,(H,43,49). The van der Waals surface area contributed by atoms with E-state index in [1.165, 1.54) is 41.6 Å². The number of fused-ring (bicyclic) bond motifs is 1. The first kappa shape index (κ1) is 37.4. The number of pyridine rings is 2. The summed E-state index contributed by atoms with van der Waals surface area (Å²) in [5, 5.41) is 24.5. The average molecular weight is 717 g/mol. The SMILES string of the molecule is CN(CCNCC(O)c1ccc(O)c2[nH]c(=O)ccc12)C(=O)CCOCCc1cccc(CN2CCC3(CC2)CN(c2cc(F)ccn2)CCO3)c1. The van der Waals surface area contributed by atoms with E-state index in [-0.39, 0.29) is 41.6 Å². The minimum Gasteiger partial charge on any atom is -0.506 e. The fraction of sp³-hybridized carbons (Fsp3) is 0.462. The zero-order chi connectivity index (χ0) is 36.5. The lowest BCUT2D eigenvalue weighted by Crippen LogP contribution is -2.57. The topological polar surface area (TPSA) is 143 Å². The Morgan fingerprint density at radius 3 is 2.77 bits per heavy atom. The number of ether oxygens (including phenoxy) is 2. The number of aromatic nitrogens is 2. The summed E-state index contributed by atoms with van der Waals surface area (Å²) < 4.78 is 25.9. The molecule has 2 aliphatic heterocycles. The molecule has 278 valence electrons. The molecule has 1 spiro atoms. The Morgan fingerprint density at radius 2 is 1.94 bits per heavy atom. The van der Waals surface area contributed by atoms with Crippen molar-refractivity contribution in [1.29, 1.82) is 0 Å². The summed E-state index contributed by atoms with van der Waals surface area (Å²) in [7, 11) is 1.75. The Morgan fingerprint density at radius 1 is 1.12 bits per heavy atom. The Bertz CT molecular complexity index is 1860. The molecule has 2 aromatic heterocycles. The quantitative estimate of drug-likeness (QED) is 0.135. The number of H-pyrrole nitrogens is 1. The summed E-state index contributed by atoms with van der Waals surface area (Å²) in [6.45, 7) is 6.86. The molecule has 2 aromatic carbocycles. The molecule has 0 saturated carbocycles. The monoisotopic (exact) mass is 716 g/mol. The number of rotatable bonds is 15. The van der Waals surface area contributed by atoms with Crippen LogP contribution in [-0.4, -0.2) is 114 Å². The molecule has 0 radical (unpaired) electrons. The van der Waals surface area contributed by atoms with E-state index in [0.717, 1.165) is 45.4 Å². The summed E-state index contributed by atoms with van der Waals surface area (Å²) in [4.78, 5) is 37.5. The lowest BCUT2D eigenvalue weighted by atomic mass is 9.89. The van der Waals surface area contributed by atoms with Crippen molar-refractivity contribution >= 4 is 22.6 Å². The first-order valence-corrected chi connectivity index (χ1v) is 18.0. The number of morpholine rings is 1. The summed E-state index contributed by atoms with van der Waals surface area (Å²) in [5.41, 5.74) is 2.78. The number of nitrogens with one attached hydrogen (secondary N) is 2. The van der Waals surface area contributed by atoms with Crippen LogP contribution in [0.2, 0.25) is 0 Å². The average Bonchev–Trinajstić information content (AvgIpc) is 3.14. The Hall–Kier alpha value is -4.40. The maximum atomic E-state index is 13.8. The highest BCUT2D eigenvalue weighted by Crippen LogP contribution is 2.33. The van der Waals surface area contributed by atoms with Gasteiger partial charge in [-0.2, -0.15) is 0 Å². The maximum Gasteiger partial charge on any atom is 0.248 e. The largest absolute Gasteiger partial charge is 0.506 e. The highest BCUT2D eigenvalue weighted by Gasteiger charge is 2.40. The van der Waals surface area contributed by atoms with Crippen LogP contribution >= 0.6 is 0 Å². The van der Waals surface area contributed by atoms with E-state index < -0.39 is 6.10 Å². The Balaban J connectivity index is 0.852. The van der Waals surface area contributed by atoms with Crippen LogP contribution in [0.5, 0.6) is 5.75 Å². The molecule has 2 fully saturated rings. The van der Waals surface area contributed by atoms with E-state index in [2.05, 4.69) is 49.4 Å². The molecule has 1 amide bonds. The smallest absolute Gasteiger partial charge is 0.248 e. The van der Waals surface area contributed by atoms with Crippen LogP contribution in [0.15, 0.2) is 71.7 Å². The number of aliphatic hydroxyl groups is 1. The van der Waals surface area contributed by atoms with Crippen molar-refractivity contribution in [2.45, 2.75) is 43.9 Å². The normalized spacial score (nSPS) is 16.7. The van der Waals surface area contributed by atoms with E-state index in [9.17, 15) is 24.2 Å². The van der Waals surface area contributed by atoms with Crippen molar-refractivity contribution in [1.82, 2.24) is 25.1 Å². The number of likely N-dealkylation sites (N-methyl/N-ethyl adjacent to an activating group) is 1. The van der Waals surface area contributed by atoms with Crippen molar-refractivity contribution in [3.63, 3.8) is 0 Å². The third kappa shape index (κ3) is 9.72. The minimum atomic E-state index is -0.863. The minimum absolute atomic E-state index is 0.0156. The van der Waals surface area contributed by atoms with Gasteiger partial charge in [-0.15, -0.1) is 0 Å². The summed E-state index contributed by atoms with van der Waals surface area (Å²) in [6.07, 6.45) is 3.54. The molecular formula is C39H49FN6O6. The van der Waals surface area contributed by atoms with Crippen LogP contribution in [0.1, 0.15) is 42.1 Å². The fourth-order valence-electron chi connectivity index (χ4n) is 7.08. The van der Waals surface area contributed by atoms with Crippen molar-refractivity contribution in [3.8, 4) is 5.75 Å². The van der Waals surface area contributed by atoms with Gasteiger partial charge in [-0.25, -0.2) is 9.37 Å². The molecule has 4 heterocycles. The van der Waals surface area contributed by atoms with Crippen LogP contribution in [0, 0.1) is 5.82 Å². The predicted molar refractivity (Wildman–Crippen MR) is 197 cm³/mol. The van der Waals surface area contributed by atoms with Gasteiger partial charge in [0.1, 0.15) is 17.4 Å². The molecule has 2 aliphatic rings. The van der Waals surface area contributed by atoms with Gasteiger partial charge in [0.25, 0.3) is 0 Å².